The van der Waals surface area contributed by atoms with E-state index < -0.39 is 24.0 Å². The number of nitrogens with zero attached hydrogens (tertiary/aromatic N) is 1. The third-order valence-electron chi connectivity index (χ3n) is 4.87. The lowest BCUT2D eigenvalue weighted by Crippen LogP contribution is -2.41. The van der Waals surface area contributed by atoms with E-state index in [1.165, 1.54) is 18.2 Å². The summed E-state index contributed by atoms with van der Waals surface area (Å²) in [6.07, 6.45) is -1.07. The number of aromatic hydroxyl groups is 2. The number of phenolic OH excluding ortho intramolecular Hbond substituents is 2. The van der Waals surface area contributed by atoms with Gasteiger partial charge in [-0.2, -0.15) is 0 Å². The van der Waals surface area contributed by atoms with Crippen molar-refractivity contribution in [3.63, 3.8) is 0 Å². The summed E-state index contributed by atoms with van der Waals surface area (Å²) in [4.78, 5) is 28.8. The van der Waals surface area contributed by atoms with Gasteiger partial charge in [-0.05, 0) is 37.6 Å². The Labute approximate surface area is 195 Å². The Balaban J connectivity index is 1.59. The van der Waals surface area contributed by atoms with Crippen molar-refractivity contribution in [3.05, 3.63) is 52.0 Å². The molecule has 2 atom stereocenters. The molecule has 2 aromatic carbocycles. The monoisotopic (exact) mass is 477 g/mol. The number of alkyl halides is 1. The molecule has 1 aliphatic heterocycles. The third kappa shape index (κ3) is 6.48. The Morgan fingerprint density at radius 1 is 1.27 bits per heavy atom. The van der Waals surface area contributed by atoms with Crippen LogP contribution in [0.15, 0.2) is 35.3 Å². The van der Waals surface area contributed by atoms with Gasteiger partial charge in [-0.15, -0.1) is 0 Å². The van der Waals surface area contributed by atoms with E-state index in [1.807, 2.05) is 6.92 Å². The summed E-state index contributed by atoms with van der Waals surface area (Å²) >= 11 is 5.99. The summed E-state index contributed by atoms with van der Waals surface area (Å²) in [5.41, 5.74) is 1.77. The lowest BCUT2D eigenvalue weighted by atomic mass is 10.0. The Morgan fingerprint density at radius 2 is 2.03 bits per heavy atom. The highest BCUT2D eigenvalue weighted by atomic mass is 35.5. The van der Waals surface area contributed by atoms with Gasteiger partial charge in [0, 0.05) is 22.9 Å². The number of hydrogen-bond acceptors (Lipinski definition) is 7. The van der Waals surface area contributed by atoms with Crippen molar-refractivity contribution in [1.29, 1.82) is 0 Å². The van der Waals surface area contributed by atoms with E-state index in [9.17, 15) is 24.2 Å². The minimum absolute atomic E-state index is 0.0154. The minimum Gasteiger partial charge on any atom is -0.508 e. The molecule has 11 heteroatoms. The van der Waals surface area contributed by atoms with Crippen LogP contribution in [0.4, 0.5) is 10.1 Å². The molecular formula is C22H25ClFN5O4. The van der Waals surface area contributed by atoms with Crippen LogP contribution in [0.3, 0.4) is 0 Å². The first-order valence-electron chi connectivity index (χ1n) is 10.2. The number of halogens is 2. The van der Waals surface area contributed by atoms with E-state index in [-0.39, 0.29) is 41.7 Å². The number of rotatable bonds is 6. The van der Waals surface area contributed by atoms with Crippen LogP contribution >= 0.6 is 11.6 Å². The van der Waals surface area contributed by atoms with Gasteiger partial charge in [0.25, 0.3) is 5.91 Å². The lowest BCUT2D eigenvalue weighted by molar-refractivity contribution is -0.120. The van der Waals surface area contributed by atoms with Gasteiger partial charge >= 0.3 is 0 Å². The maximum absolute atomic E-state index is 13.2. The van der Waals surface area contributed by atoms with Gasteiger partial charge in [-0.3, -0.25) is 9.59 Å². The van der Waals surface area contributed by atoms with Crippen molar-refractivity contribution in [2.45, 2.75) is 26.1 Å². The smallest absolute Gasteiger partial charge is 0.251 e. The molecule has 1 aliphatic rings. The molecule has 0 saturated carbocycles. The van der Waals surface area contributed by atoms with Crippen LogP contribution in [0, 0.1) is 6.92 Å². The SMILES string of the molecule is Cc1cc(Cl)c(O)c([C@@H](C)NC(=O)CNC(=O)c2cc(O)cc(NC3=NCC(F)CN3)c2)c1. The van der Waals surface area contributed by atoms with Gasteiger partial charge in [0.1, 0.15) is 17.7 Å². The second-order valence-electron chi connectivity index (χ2n) is 7.72. The van der Waals surface area contributed by atoms with Crippen LogP contribution < -0.4 is 21.3 Å². The van der Waals surface area contributed by atoms with Crippen molar-refractivity contribution < 1.29 is 24.2 Å². The summed E-state index contributed by atoms with van der Waals surface area (Å²) < 4.78 is 13.2. The average molecular weight is 478 g/mol. The number of nitrogens with one attached hydrogen (secondary N) is 4. The summed E-state index contributed by atoms with van der Waals surface area (Å²) in [5, 5.41) is 31.1. The third-order valence-corrected chi connectivity index (χ3v) is 5.16. The maximum Gasteiger partial charge on any atom is 0.251 e. The molecular weight excluding hydrogens is 453 g/mol. The van der Waals surface area contributed by atoms with Crippen molar-refractivity contribution >= 4 is 35.1 Å². The fourth-order valence-corrected chi connectivity index (χ4v) is 3.56. The molecule has 0 aliphatic carbocycles. The Kier molecular flexibility index (Phi) is 7.59. The highest BCUT2D eigenvalue weighted by Gasteiger charge is 2.18. The average Bonchev–Trinajstić information content (AvgIpc) is 2.75. The van der Waals surface area contributed by atoms with E-state index in [2.05, 4.69) is 26.3 Å². The molecule has 33 heavy (non-hydrogen) atoms. The van der Waals surface area contributed by atoms with Crippen LogP contribution in [-0.4, -0.2) is 53.8 Å². The summed E-state index contributed by atoms with van der Waals surface area (Å²) in [5.74, 6) is -1.02. The lowest BCUT2D eigenvalue weighted by Gasteiger charge is -2.19. The number of aryl methyl sites for hydroxylation is 1. The molecule has 2 amide bonds. The number of carbonyl (C=O) groups excluding carboxylic acids is 2. The predicted molar refractivity (Wildman–Crippen MR) is 124 cm³/mol. The number of anilines is 1. The van der Waals surface area contributed by atoms with Crippen molar-refractivity contribution in [1.82, 2.24) is 16.0 Å². The minimum atomic E-state index is -1.07. The predicted octanol–water partition coefficient (Wildman–Crippen LogP) is 2.38. The van der Waals surface area contributed by atoms with Gasteiger partial charge in [-0.25, -0.2) is 9.38 Å². The first-order chi connectivity index (χ1) is 15.6. The molecule has 0 saturated heterocycles. The van der Waals surface area contributed by atoms with Gasteiger partial charge in [-0.1, -0.05) is 17.7 Å². The fraction of sp³-hybridized carbons (Fsp3) is 0.318. The van der Waals surface area contributed by atoms with Gasteiger partial charge < -0.3 is 31.5 Å². The molecule has 0 aromatic heterocycles. The Morgan fingerprint density at radius 3 is 2.73 bits per heavy atom. The fourth-order valence-electron chi connectivity index (χ4n) is 3.28. The first-order valence-corrected chi connectivity index (χ1v) is 10.6. The number of aliphatic imine (C=N–C) groups is 1. The van der Waals surface area contributed by atoms with E-state index in [0.717, 1.165) is 5.56 Å². The largest absolute Gasteiger partial charge is 0.508 e. The highest BCUT2D eigenvalue weighted by Crippen LogP contribution is 2.32. The number of guanidine groups is 1. The summed E-state index contributed by atoms with van der Waals surface area (Å²) in [7, 11) is 0. The highest BCUT2D eigenvalue weighted by molar-refractivity contribution is 6.32. The molecule has 176 valence electrons. The summed E-state index contributed by atoms with van der Waals surface area (Å²) in [6.45, 7) is 3.30. The quantitative estimate of drug-likeness (QED) is 0.378. The molecule has 3 rings (SSSR count). The van der Waals surface area contributed by atoms with Crippen molar-refractivity contribution in [2.75, 3.05) is 25.0 Å². The zero-order chi connectivity index (χ0) is 24.1. The topological polar surface area (TPSA) is 135 Å². The molecule has 0 bridgehead atoms. The number of carbonyl (C=O) groups is 2. The molecule has 0 fully saturated rings. The normalized spacial score (nSPS) is 16.2. The van der Waals surface area contributed by atoms with Crippen molar-refractivity contribution in [3.8, 4) is 11.5 Å². The molecule has 1 heterocycles. The summed E-state index contributed by atoms with van der Waals surface area (Å²) in [6, 6.07) is 6.88. The number of hydrogen-bond donors (Lipinski definition) is 6. The molecule has 0 spiro atoms. The number of amides is 2. The van der Waals surface area contributed by atoms with E-state index in [0.29, 0.717) is 17.2 Å². The van der Waals surface area contributed by atoms with Crippen LogP contribution in [0.25, 0.3) is 0 Å². The molecule has 9 nitrogen and oxygen atoms in total. The second-order valence-corrected chi connectivity index (χ2v) is 8.12. The molecule has 2 aromatic rings. The van der Waals surface area contributed by atoms with E-state index in [4.69, 9.17) is 11.6 Å². The first kappa shape index (κ1) is 24.1. The van der Waals surface area contributed by atoms with E-state index in [1.54, 1.807) is 19.1 Å². The van der Waals surface area contributed by atoms with Crippen LogP contribution in [0.5, 0.6) is 11.5 Å². The molecule has 1 unspecified atom stereocenters. The zero-order valence-electron chi connectivity index (χ0n) is 18.1. The van der Waals surface area contributed by atoms with Gasteiger partial charge in [0.2, 0.25) is 5.91 Å². The van der Waals surface area contributed by atoms with Crippen molar-refractivity contribution in [2.24, 2.45) is 4.99 Å². The second kappa shape index (κ2) is 10.4. The number of benzene rings is 2. The van der Waals surface area contributed by atoms with E-state index >= 15 is 0 Å². The maximum atomic E-state index is 13.2. The Bertz CT molecular complexity index is 1090. The van der Waals surface area contributed by atoms with Crippen LogP contribution in [-0.2, 0) is 4.79 Å². The molecule has 0 radical (unpaired) electrons. The van der Waals surface area contributed by atoms with Crippen LogP contribution in [0.2, 0.25) is 5.02 Å². The van der Waals surface area contributed by atoms with Crippen LogP contribution in [0.1, 0.15) is 34.5 Å². The molecule has 6 N–H and O–H groups in total. The number of phenols is 2. The zero-order valence-corrected chi connectivity index (χ0v) is 18.8. The standard InChI is InChI=1S/C22H25ClFN5O4/c1-11-3-17(20(32)18(23)4-11)12(2)28-19(31)10-25-21(33)13-5-15(7-16(30)6-13)29-22-26-8-14(24)9-27-22/h3-7,12,14,30,32H,8-10H2,1-2H3,(H,25,33)(H,28,31)(H2,26,27,29)/t12-/m1/s1. The van der Waals surface area contributed by atoms with Gasteiger partial charge in [0.15, 0.2) is 5.96 Å². The van der Waals surface area contributed by atoms with Gasteiger partial charge in [0.05, 0.1) is 30.7 Å². The Hall–Kier alpha value is -3.53.